The standard InChI is InChI=1S/C7H11N3O2/c1-5(8)4-12-6-2-7(11)10-9-3-6/h2-3,5H,4,8H2,1H3,(H,10,11). The van der Waals surface area contributed by atoms with Gasteiger partial charge in [-0.2, -0.15) is 5.10 Å². The number of rotatable bonds is 3. The fraction of sp³-hybridized carbons (Fsp3) is 0.429. The summed E-state index contributed by atoms with van der Waals surface area (Å²) in [6.45, 7) is 2.20. The van der Waals surface area contributed by atoms with Crippen molar-refractivity contribution in [1.82, 2.24) is 10.2 Å². The van der Waals surface area contributed by atoms with E-state index in [1.807, 2.05) is 6.92 Å². The van der Waals surface area contributed by atoms with Crippen LogP contribution in [0.2, 0.25) is 0 Å². The zero-order chi connectivity index (χ0) is 8.97. The average molecular weight is 169 g/mol. The molecule has 1 aromatic heterocycles. The third kappa shape index (κ3) is 2.71. The third-order valence-corrected chi connectivity index (χ3v) is 1.15. The molecule has 1 aromatic rings. The van der Waals surface area contributed by atoms with Crippen LogP contribution in [-0.2, 0) is 0 Å². The zero-order valence-corrected chi connectivity index (χ0v) is 6.78. The van der Waals surface area contributed by atoms with Crippen LogP contribution in [0.1, 0.15) is 6.92 Å². The molecule has 1 heterocycles. The SMILES string of the molecule is CC(N)COc1cn[nH]c(=O)c1. The largest absolute Gasteiger partial charge is 0.490 e. The van der Waals surface area contributed by atoms with Crippen LogP contribution in [0.4, 0.5) is 0 Å². The Labute approximate surface area is 69.5 Å². The first-order chi connectivity index (χ1) is 5.68. The molecule has 0 fully saturated rings. The number of nitrogens with one attached hydrogen (secondary N) is 1. The van der Waals surface area contributed by atoms with Gasteiger partial charge in [0.2, 0.25) is 0 Å². The Morgan fingerprint density at radius 3 is 3.17 bits per heavy atom. The monoisotopic (exact) mass is 169 g/mol. The van der Waals surface area contributed by atoms with Gasteiger partial charge >= 0.3 is 0 Å². The molecular formula is C7H11N3O2. The van der Waals surface area contributed by atoms with E-state index in [2.05, 4.69) is 10.2 Å². The average Bonchev–Trinajstić information content (AvgIpc) is 2.01. The molecule has 0 amide bonds. The second-order valence-corrected chi connectivity index (χ2v) is 2.57. The summed E-state index contributed by atoms with van der Waals surface area (Å²) in [5, 5.41) is 5.80. The highest BCUT2D eigenvalue weighted by Crippen LogP contribution is 2.01. The highest BCUT2D eigenvalue weighted by atomic mass is 16.5. The van der Waals surface area contributed by atoms with Crippen LogP contribution < -0.4 is 16.0 Å². The van der Waals surface area contributed by atoms with Crippen molar-refractivity contribution in [3.05, 3.63) is 22.6 Å². The summed E-state index contributed by atoms with van der Waals surface area (Å²) in [4.78, 5) is 10.7. The fourth-order valence-electron chi connectivity index (χ4n) is 0.665. The minimum absolute atomic E-state index is 0.0516. The van der Waals surface area contributed by atoms with Crippen LogP contribution in [0.15, 0.2) is 17.1 Å². The number of H-pyrrole nitrogens is 1. The topological polar surface area (TPSA) is 81.0 Å². The maximum atomic E-state index is 10.7. The van der Waals surface area contributed by atoms with Crippen LogP contribution in [0.5, 0.6) is 5.75 Å². The zero-order valence-electron chi connectivity index (χ0n) is 6.78. The number of nitrogens with zero attached hydrogens (tertiary/aromatic N) is 1. The van der Waals surface area contributed by atoms with Crippen molar-refractivity contribution in [3.63, 3.8) is 0 Å². The molecule has 12 heavy (non-hydrogen) atoms. The molecule has 1 rings (SSSR count). The maximum absolute atomic E-state index is 10.7. The Balaban J connectivity index is 2.58. The first-order valence-electron chi connectivity index (χ1n) is 3.61. The minimum Gasteiger partial charge on any atom is -0.490 e. The van der Waals surface area contributed by atoms with Crippen LogP contribution in [0, 0.1) is 0 Å². The quantitative estimate of drug-likeness (QED) is 0.639. The van der Waals surface area contributed by atoms with Crippen molar-refractivity contribution in [2.24, 2.45) is 5.73 Å². The van der Waals surface area contributed by atoms with Gasteiger partial charge in [-0.15, -0.1) is 0 Å². The van der Waals surface area contributed by atoms with Gasteiger partial charge in [-0.05, 0) is 6.92 Å². The van der Waals surface area contributed by atoms with Gasteiger partial charge in [0.25, 0.3) is 5.56 Å². The summed E-state index contributed by atoms with van der Waals surface area (Å²) in [6, 6.07) is 1.28. The summed E-state index contributed by atoms with van der Waals surface area (Å²) in [5.74, 6) is 0.441. The van der Waals surface area contributed by atoms with Crippen LogP contribution >= 0.6 is 0 Å². The first kappa shape index (κ1) is 8.73. The van der Waals surface area contributed by atoms with Gasteiger partial charge in [0, 0.05) is 12.1 Å². The molecule has 0 radical (unpaired) electrons. The molecule has 1 atom stereocenters. The van der Waals surface area contributed by atoms with Crippen molar-refractivity contribution in [1.29, 1.82) is 0 Å². The van der Waals surface area contributed by atoms with Gasteiger partial charge in [-0.1, -0.05) is 0 Å². The minimum atomic E-state index is -0.280. The predicted molar refractivity (Wildman–Crippen MR) is 44.0 cm³/mol. The Morgan fingerprint density at radius 1 is 1.83 bits per heavy atom. The van der Waals surface area contributed by atoms with Crippen molar-refractivity contribution >= 4 is 0 Å². The van der Waals surface area contributed by atoms with Gasteiger partial charge in [-0.3, -0.25) is 4.79 Å². The fourth-order valence-corrected chi connectivity index (χ4v) is 0.665. The number of hydrogen-bond donors (Lipinski definition) is 2. The molecule has 0 aliphatic carbocycles. The Kier molecular flexibility index (Phi) is 2.82. The molecule has 66 valence electrons. The molecule has 0 saturated heterocycles. The highest BCUT2D eigenvalue weighted by molar-refractivity contribution is 5.12. The Hall–Kier alpha value is -1.36. The smallest absolute Gasteiger partial charge is 0.267 e. The van der Waals surface area contributed by atoms with E-state index in [0.717, 1.165) is 0 Å². The predicted octanol–water partition coefficient (Wildman–Crippen LogP) is -0.504. The summed E-state index contributed by atoms with van der Waals surface area (Å²) >= 11 is 0. The molecule has 5 nitrogen and oxygen atoms in total. The van der Waals surface area contributed by atoms with E-state index in [-0.39, 0.29) is 11.6 Å². The Morgan fingerprint density at radius 2 is 2.58 bits per heavy atom. The lowest BCUT2D eigenvalue weighted by Gasteiger charge is -2.06. The van der Waals surface area contributed by atoms with E-state index in [0.29, 0.717) is 12.4 Å². The third-order valence-electron chi connectivity index (χ3n) is 1.15. The van der Waals surface area contributed by atoms with E-state index >= 15 is 0 Å². The van der Waals surface area contributed by atoms with E-state index in [9.17, 15) is 4.79 Å². The molecule has 3 N–H and O–H groups in total. The molecule has 0 aliphatic rings. The molecule has 0 aliphatic heterocycles. The lowest BCUT2D eigenvalue weighted by atomic mass is 10.4. The normalized spacial score (nSPS) is 12.5. The second kappa shape index (κ2) is 3.87. The van der Waals surface area contributed by atoms with E-state index in [4.69, 9.17) is 10.5 Å². The molecule has 0 aromatic carbocycles. The van der Waals surface area contributed by atoms with Crippen LogP contribution in [-0.4, -0.2) is 22.8 Å². The van der Waals surface area contributed by atoms with E-state index < -0.39 is 0 Å². The molecule has 1 unspecified atom stereocenters. The lowest BCUT2D eigenvalue weighted by Crippen LogP contribution is -2.24. The van der Waals surface area contributed by atoms with Gasteiger partial charge in [0.1, 0.15) is 12.4 Å². The summed E-state index contributed by atoms with van der Waals surface area (Å²) in [6.07, 6.45) is 1.43. The van der Waals surface area contributed by atoms with Crippen molar-refractivity contribution < 1.29 is 4.74 Å². The number of aromatic nitrogens is 2. The lowest BCUT2D eigenvalue weighted by molar-refractivity contribution is 0.294. The molecule has 5 heteroatoms. The second-order valence-electron chi connectivity index (χ2n) is 2.57. The first-order valence-corrected chi connectivity index (χ1v) is 3.61. The number of hydrogen-bond acceptors (Lipinski definition) is 4. The number of nitrogens with two attached hydrogens (primary N) is 1. The van der Waals surface area contributed by atoms with E-state index in [1.54, 1.807) is 0 Å². The van der Waals surface area contributed by atoms with Gasteiger partial charge < -0.3 is 10.5 Å². The molecule has 0 bridgehead atoms. The van der Waals surface area contributed by atoms with Gasteiger partial charge in [0.15, 0.2) is 0 Å². The summed E-state index contributed by atoms with van der Waals surface area (Å²) in [5.41, 5.74) is 5.17. The maximum Gasteiger partial charge on any atom is 0.267 e. The van der Waals surface area contributed by atoms with Gasteiger partial charge in [-0.25, -0.2) is 5.10 Å². The molecular weight excluding hydrogens is 158 g/mol. The van der Waals surface area contributed by atoms with Crippen molar-refractivity contribution in [2.45, 2.75) is 13.0 Å². The molecule has 0 saturated carbocycles. The van der Waals surface area contributed by atoms with Crippen LogP contribution in [0.25, 0.3) is 0 Å². The van der Waals surface area contributed by atoms with Crippen molar-refractivity contribution in [2.75, 3.05) is 6.61 Å². The summed E-state index contributed by atoms with van der Waals surface area (Å²) < 4.78 is 5.14. The Bertz CT molecular complexity index is 295. The molecule has 0 spiro atoms. The van der Waals surface area contributed by atoms with E-state index in [1.165, 1.54) is 12.3 Å². The number of aromatic amines is 1. The highest BCUT2D eigenvalue weighted by Gasteiger charge is 1.97. The number of ether oxygens (including phenoxy) is 1. The summed E-state index contributed by atoms with van der Waals surface area (Å²) in [7, 11) is 0. The van der Waals surface area contributed by atoms with Crippen LogP contribution in [0.3, 0.4) is 0 Å². The van der Waals surface area contributed by atoms with Gasteiger partial charge in [0.05, 0.1) is 6.20 Å². The van der Waals surface area contributed by atoms with Crippen molar-refractivity contribution in [3.8, 4) is 5.75 Å².